The van der Waals surface area contributed by atoms with E-state index < -0.39 is 22.1 Å². The Morgan fingerprint density at radius 3 is 2.11 bits per heavy atom. The van der Waals surface area contributed by atoms with Crippen molar-refractivity contribution in [3.05, 3.63) is 90.0 Å². The predicted molar refractivity (Wildman–Crippen MR) is 102 cm³/mol. The molecule has 0 saturated heterocycles. The quantitative estimate of drug-likeness (QED) is 0.533. The molecule has 7 heteroatoms. The van der Waals surface area contributed by atoms with E-state index >= 15 is 0 Å². The fourth-order valence-electron chi connectivity index (χ4n) is 2.79. The summed E-state index contributed by atoms with van der Waals surface area (Å²) in [5.41, 5.74) is 1.78. The third-order valence-electron chi connectivity index (χ3n) is 4.34. The molecule has 0 N–H and O–H groups in total. The second-order valence-corrected chi connectivity index (χ2v) is 8.39. The summed E-state index contributed by atoms with van der Waals surface area (Å²) in [5.74, 6) is 0. The molecule has 0 fully saturated rings. The lowest BCUT2D eigenvalue weighted by atomic mass is 10.0. The van der Waals surface area contributed by atoms with Crippen molar-refractivity contribution in [1.82, 2.24) is 4.31 Å². The number of hydrogen-bond acceptors (Lipinski definition) is 2. The standard InChI is InChI=1S/C21H18F3NO2S/c1-25(28(26,27)20-9-5-8-19(14-20)21(22,23)24)15-16-10-12-18(13-11-16)17-6-3-2-4-7-17/h2-14H,15H2,1H3. The lowest BCUT2D eigenvalue weighted by Crippen LogP contribution is -2.32. The van der Waals surface area contributed by atoms with E-state index in [-0.39, 0.29) is 11.4 Å². The van der Waals surface area contributed by atoms with E-state index in [0.29, 0.717) is 6.07 Å². The smallest absolute Gasteiger partial charge is 0.416 e. The summed E-state index contributed by atoms with van der Waals surface area (Å²) in [6, 6.07) is 20.9. The molecule has 3 aromatic rings. The number of halogens is 3. The second kappa shape index (κ2) is 7.87. The van der Waals surface area contributed by atoms with Gasteiger partial charge in [0.25, 0.3) is 0 Å². The minimum atomic E-state index is -4.60. The van der Waals surface area contributed by atoms with Crippen LogP contribution in [0.3, 0.4) is 0 Å². The molecule has 0 aliphatic rings. The third kappa shape index (κ3) is 4.49. The zero-order valence-electron chi connectivity index (χ0n) is 15.0. The molecular weight excluding hydrogens is 387 g/mol. The highest BCUT2D eigenvalue weighted by Gasteiger charge is 2.34. The highest BCUT2D eigenvalue weighted by atomic mass is 32.3. The van der Waals surface area contributed by atoms with Gasteiger partial charge in [-0.2, -0.15) is 13.2 Å². The van der Waals surface area contributed by atoms with E-state index in [4.69, 9.17) is 0 Å². The van der Waals surface area contributed by atoms with Gasteiger partial charge in [0.05, 0.1) is 12.1 Å². The lowest BCUT2D eigenvalue weighted by molar-refractivity contribution is -0.137. The van der Waals surface area contributed by atoms with Crippen molar-refractivity contribution in [2.45, 2.75) is 17.6 Å². The van der Waals surface area contributed by atoms with E-state index in [9.17, 15) is 21.9 Å². The zero-order valence-corrected chi connectivity index (χ0v) is 15.8. The number of alkyl halides is 3. The molecule has 0 saturated carbocycles. The molecular formula is C21H18F3NO2S. The number of sulfonamides is 1. The van der Waals surface area contributed by atoms with Gasteiger partial charge in [-0.15, -0.1) is 4.31 Å². The van der Waals surface area contributed by atoms with E-state index in [2.05, 4.69) is 0 Å². The van der Waals surface area contributed by atoms with Crippen molar-refractivity contribution < 1.29 is 21.9 Å². The number of rotatable bonds is 5. The molecule has 0 radical (unpaired) electrons. The maximum atomic E-state index is 12.9. The van der Waals surface area contributed by atoms with E-state index in [1.807, 2.05) is 42.5 Å². The molecule has 0 aliphatic carbocycles. The van der Waals surface area contributed by atoms with Crippen LogP contribution in [0.1, 0.15) is 11.1 Å². The second-order valence-electron chi connectivity index (χ2n) is 6.35. The van der Waals surface area contributed by atoms with Crippen molar-refractivity contribution in [1.29, 1.82) is 0 Å². The Kier molecular flexibility index (Phi) is 5.69. The van der Waals surface area contributed by atoms with Gasteiger partial charge < -0.3 is 4.55 Å². The fourth-order valence-corrected chi connectivity index (χ4v) is 3.99. The lowest BCUT2D eigenvalue weighted by Gasteiger charge is -2.24. The average molecular weight is 405 g/mol. The molecule has 0 amide bonds. The number of hydrogen-bond donors (Lipinski definition) is 0. The molecule has 1 atom stereocenters. The molecule has 3 rings (SSSR count). The first-order valence-electron chi connectivity index (χ1n) is 8.46. The zero-order chi connectivity index (χ0) is 20.4. The average Bonchev–Trinajstić information content (AvgIpc) is 2.68. The van der Waals surface area contributed by atoms with Crippen molar-refractivity contribution in [3.63, 3.8) is 0 Å². The van der Waals surface area contributed by atoms with Gasteiger partial charge in [0, 0.05) is 13.1 Å². The van der Waals surface area contributed by atoms with Crippen LogP contribution in [0.2, 0.25) is 0 Å². The van der Waals surface area contributed by atoms with Gasteiger partial charge >= 0.3 is 6.18 Å². The summed E-state index contributed by atoms with van der Waals surface area (Å²) in [5, 5.41) is 0. The minimum absolute atomic E-state index is 0.0493. The maximum absolute atomic E-state index is 12.9. The van der Waals surface area contributed by atoms with Crippen LogP contribution in [-0.2, 0) is 27.3 Å². The summed E-state index contributed by atoms with van der Waals surface area (Å²) in [6.07, 6.45) is -4.60. The maximum Gasteiger partial charge on any atom is 0.416 e. The Labute approximate surface area is 162 Å². The van der Waals surface area contributed by atoms with Crippen molar-refractivity contribution >= 4 is 10.4 Å². The van der Waals surface area contributed by atoms with Crippen molar-refractivity contribution in [3.8, 4) is 11.1 Å². The minimum Gasteiger partial charge on any atom is -0.593 e. The Morgan fingerprint density at radius 1 is 0.893 bits per heavy atom. The Morgan fingerprint density at radius 2 is 1.50 bits per heavy atom. The van der Waals surface area contributed by atoms with Crippen LogP contribution in [0, 0.1) is 0 Å². The topological polar surface area (TPSA) is 43.4 Å². The first kappa shape index (κ1) is 20.3. The van der Waals surface area contributed by atoms with Crippen LogP contribution in [0.15, 0.2) is 83.8 Å². The van der Waals surface area contributed by atoms with Gasteiger partial charge in [0.15, 0.2) is 15.3 Å². The van der Waals surface area contributed by atoms with E-state index in [0.717, 1.165) is 33.1 Å². The van der Waals surface area contributed by atoms with Crippen LogP contribution in [0.5, 0.6) is 0 Å². The number of nitrogens with zero attached hydrogens (tertiary/aromatic N) is 1. The predicted octanol–water partition coefficient (Wildman–Crippen LogP) is 5.41. The van der Waals surface area contributed by atoms with Gasteiger partial charge in [0.1, 0.15) is 0 Å². The molecule has 0 heterocycles. The van der Waals surface area contributed by atoms with E-state index in [1.54, 1.807) is 12.1 Å². The summed E-state index contributed by atoms with van der Waals surface area (Å²) in [7, 11) is -2.70. The van der Waals surface area contributed by atoms with Gasteiger partial charge in [0.2, 0.25) is 0 Å². The first-order chi connectivity index (χ1) is 13.2. The monoisotopic (exact) mass is 405 g/mol. The van der Waals surface area contributed by atoms with Crippen molar-refractivity contribution in [2.75, 3.05) is 7.05 Å². The Hall–Kier alpha value is -2.48. The van der Waals surface area contributed by atoms with Gasteiger partial charge in [-0.05, 0) is 28.8 Å². The van der Waals surface area contributed by atoms with Crippen LogP contribution in [-0.4, -0.2) is 15.9 Å². The van der Waals surface area contributed by atoms with Crippen LogP contribution >= 0.6 is 0 Å². The number of benzene rings is 3. The molecule has 3 nitrogen and oxygen atoms in total. The molecule has 0 aliphatic heterocycles. The summed E-state index contributed by atoms with van der Waals surface area (Å²) in [6.45, 7) is 0.0493. The molecule has 146 valence electrons. The summed E-state index contributed by atoms with van der Waals surface area (Å²) < 4.78 is 65.0. The van der Waals surface area contributed by atoms with Crippen LogP contribution in [0.25, 0.3) is 11.1 Å². The summed E-state index contributed by atoms with van der Waals surface area (Å²) >= 11 is 0. The fraction of sp³-hybridized carbons (Fsp3) is 0.143. The highest BCUT2D eigenvalue weighted by Crippen LogP contribution is 2.32. The van der Waals surface area contributed by atoms with Crippen LogP contribution < -0.4 is 0 Å². The largest absolute Gasteiger partial charge is 0.593 e. The third-order valence-corrected chi connectivity index (χ3v) is 6.14. The Balaban J connectivity index is 1.78. The SMILES string of the molecule is CN(Cc1ccc(-c2ccccc2)cc1)[S+](=O)([O-])c1cccc(C(F)(F)F)c1. The molecule has 1 unspecified atom stereocenters. The van der Waals surface area contributed by atoms with Crippen LogP contribution in [0.4, 0.5) is 13.2 Å². The molecule has 0 aromatic heterocycles. The highest BCUT2D eigenvalue weighted by molar-refractivity contribution is 7.95. The normalized spacial score (nSPS) is 14.1. The Bertz CT molecular complexity index is 989. The van der Waals surface area contributed by atoms with Crippen molar-refractivity contribution in [2.24, 2.45) is 0 Å². The van der Waals surface area contributed by atoms with Gasteiger partial charge in [-0.3, -0.25) is 0 Å². The van der Waals surface area contributed by atoms with Gasteiger partial charge in [-0.1, -0.05) is 64.9 Å². The molecule has 28 heavy (non-hydrogen) atoms. The molecule has 3 aromatic carbocycles. The molecule has 0 spiro atoms. The summed E-state index contributed by atoms with van der Waals surface area (Å²) in [4.78, 5) is -0.384. The molecule has 0 bridgehead atoms. The first-order valence-corrected chi connectivity index (χ1v) is 9.90. The van der Waals surface area contributed by atoms with Gasteiger partial charge in [-0.25, -0.2) is 0 Å². The van der Waals surface area contributed by atoms with E-state index in [1.165, 1.54) is 13.1 Å².